The molecule has 3 aromatic rings. The maximum Gasteiger partial charge on any atom is 0.264 e. The SMILES string of the molecule is CC[C@@H](C)NC(=O)[C@@H](C)N(Cc1ccccc1F)C(=O)CN(c1cccc(C)c1)S(=O)(=O)c1ccccc1. The minimum Gasteiger partial charge on any atom is -0.352 e. The summed E-state index contributed by atoms with van der Waals surface area (Å²) in [5, 5.41) is 2.86. The summed E-state index contributed by atoms with van der Waals surface area (Å²) >= 11 is 0. The van der Waals surface area contributed by atoms with Crippen molar-refractivity contribution in [1.29, 1.82) is 0 Å². The van der Waals surface area contributed by atoms with Gasteiger partial charge in [-0.1, -0.05) is 55.5 Å². The maximum absolute atomic E-state index is 14.6. The van der Waals surface area contributed by atoms with Gasteiger partial charge in [-0.2, -0.15) is 0 Å². The van der Waals surface area contributed by atoms with Crippen LogP contribution in [0.2, 0.25) is 0 Å². The number of nitrogens with one attached hydrogen (secondary N) is 1. The van der Waals surface area contributed by atoms with Gasteiger partial charge < -0.3 is 10.2 Å². The van der Waals surface area contributed by atoms with Crippen molar-refractivity contribution in [3.8, 4) is 0 Å². The van der Waals surface area contributed by atoms with Crippen LogP contribution >= 0.6 is 0 Å². The number of carbonyl (C=O) groups is 2. The lowest BCUT2D eigenvalue weighted by Crippen LogP contribution is -2.52. The molecule has 0 aliphatic heterocycles. The lowest BCUT2D eigenvalue weighted by molar-refractivity contribution is -0.139. The minimum absolute atomic E-state index is 0.0255. The molecule has 2 atom stereocenters. The van der Waals surface area contributed by atoms with Crippen LogP contribution in [0.25, 0.3) is 0 Å². The van der Waals surface area contributed by atoms with Crippen LogP contribution in [0.5, 0.6) is 0 Å². The zero-order chi connectivity index (χ0) is 27.9. The highest BCUT2D eigenvalue weighted by Crippen LogP contribution is 2.25. The maximum atomic E-state index is 14.6. The van der Waals surface area contributed by atoms with Crippen LogP contribution in [-0.2, 0) is 26.2 Å². The molecule has 3 aromatic carbocycles. The predicted octanol–water partition coefficient (Wildman–Crippen LogP) is 4.66. The van der Waals surface area contributed by atoms with Crippen LogP contribution in [-0.4, -0.2) is 43.8 Å². The van der Waals surface area contributed by atoms with Gasteiger partial charge in [-0.15, -0.1) is 0 Å². The van der Waals surface area contributed by atoms with Crippen molar-refractivity contribution in [3.63, 3.8) is 0 Å². The molecule has 202 valence electrons. The molecule has 0 aromatic heterocycles. The molecule has 0 fully saturated rings. The predicted molar refractivity (Wildman–Crippen MR) is 146 cm³/mol. The molecule has 0 spiro atoms. The Bertz CT molecular complexity index is 1370. The Morgan fingerprint density at radius 1 is 0.947 bits per heavy atom. The summed E-state index contributed by atoms with van der Waals surface area (Å²) in [5.74, 6) is -1.56. The molecule has 0 saturated carbocycles. The van der Waals surface area contributed by atoms with Gasteiger partial charge >= 0.3 is 0 Å². The molecule has 0 aliphatic carbocycles. The van der Waals surface area contributed by atoms with Gasteiger partial charge in [0.2, 0.25) is 11.8 Å². The first-order valence-corrected chi connectivity index (χ1v) is 14.0. The Hall–Kier alpha value is -3.72. The van der Waals surface area contributed by atoms with Crippen molar-refractivity contribution >= 4 is 27.5 Å². The second-order valence-electron chi connectivity index (χ2n) is 9.27. The van der Waals surface area contributed by atoms with Crippen molar-refractivity contribution in [2.45, 2.75) is 57.6 Å². The van der Waals surface area contributed by atoms with Gasteiger partial charge in [-0.05, 0) is 63.1 Å². The molecule has 0 unspecified atom stereocenters. The van der Waals surface area contributed by atoms with Crippen molar-refractivity contribution in [2.75, 3.05) is 10.8 Å². The molecular weight excluding hydrogens is 505 g/mol. The van der Waals surface area contributed by atoms with E-state index in [1.54, 1.807) is 49.4 Å². The van der Waals surface area contributed by atoms with Gasteiger partial charge in [-0.25, -0.2) is 12.8 Å². The normalized spacial score (nSPS) is 12.9. The van der Waals surface area contributed by atoms with E-state index in [-0.39, 0.29) is 23.0 Å². The molecule has 7 nitrogen and oxygen atoms in total. The van der Waals surface area contributed by atoms with Gasteiger partial charge in [0.1, 0.15) is 18.4 Å². The van der Waals surface area contributed by atoms with Crippen LogP contribution < -0.4 is 9.62 Å². The standard InChI is InChI=1S/C29H34FN3O4S/c1-5-22(3)31-29(35)23(4)32(19-24-13-9-10-17-27(24)30)28(34)20-33(25-14-11-12-21(2)18-25)38(36,37)26-15-7-6-8-16-26/h6-18,22-23H,5,19-20H2,1-4H3,(H,31,35)/t22-,23-/m1/s1. The number of sulfonamides is 1. The highest BCUT2D eigenvalue weighted by atomic mass is 32.2. The third-order valence-electron chi connectivity index (χ3n) is 6.37. The van der Waals surface area contributed by atoms with E-state index in [1.165, 1.54) is 35.2 Å². The summed E-state index contributed by atoms with van der Waals surface area (Å²) in [6.07, 6.45) is 0.691. The Balaban J connectivity index is 2.03. The van der Waals surface area contributed by atoms with E-state index in [0.29, 0.717) is 12.1 Å². The molecule has 1 N–H and O–H groups in total. The van der Waals surface area contributed by atoms with E-state index in [4.69, 9.17) is 0 Å². The Kier molecular flexibility index (Phi) is 9.63. The molecule has 9 heteroatoms. The van der Waals surface area contributed by atoms with E-state index < -0.39 is 40.2 Å². The molecule has 0 aliphatic rings. The first-order valence-electron chi connectivity index (χ1n) is 12.5. The average molecular weight is 540 g/mol. The fraction of sp³-hybridized carbons (Fsp3) is 0.310. The van der Waals surface area contributed by atoms with Crippen LogP contribution in [0, 0.1) is 12.7 Å². The number of rotatable bonds is 11. The number of benzene rings is 3. The average Bonchev–Trinajstić information content (AvgIpc) is 2.91. The topological polar surface area (TPSA) is 86.8 Å². The Morgan fingerprint density at radius 3 is 2.24 bits per heavy atom. The number of anilines is 1. The highest BCUT2D eigenvalue weighted by Gasteiger charge is 2.33. The van der Waals surface area contributed by atoms with Crippen LogP contribution in [0.3, 0.4) is 0 Å². The van der Waals surface area contributed by atoms with Crippen molar-refractivity contribution in [2.24, 2.45) is 0 Å². The van der Waals surface area contributed by atoms with Crippen LogP contribution in [0.4, 0.5) is 10.1 Å². The smallest absolute Gasteiger partial charge is 0.264 e. The summed E-state index contributed by atoms with van der Waals surface area (Å²) in [5.41, 5.74) is 1.34. The number of hydrogen-bond acceptors (Lipinski definition) is 4. The number of amides is 2. The first-order chi connectivity index (χ1) is 18.0. The molecular formula is C29H34FN3O4S. The van der Waals surface area contributed by atoms with Gasteiger partial charge in [0.15, 0.2) is 0 Å². The van der Waals surface area contributed by atoms with Crippen LogP contribution in [0.15, 0.2) is 83.8 Å². The van der Waals surface area contributed by atoms with E-state index in [9.17, 15) is 22.4 Å². The zero-order valence-corrected chi connectivity index (χ0v) is 22.9. The second kappa shape index (κ2) is 12.7. The fourth-order valence-electron chi connectivity index (χ4n) is 3.89. The highest BCUT2D eigenvalue weighted by molar-refractivity contribution is 7.92. The van der Waals surface area contributed by atoms with E-state index >= 15 is 0 Å². The summed E-state index contributed by atoms with van der Waals surface area (Å²) in [6, 6.07) is 19.5. The summed E-state index contributed by atoms with van der Waals surface area (Å²) < 4.78 is 43.1. The minimum atomic E-state index is -4.14. The van der Waals surface area contributed by atoms with E-state index in [1.807, 2.05) is 26.8 Å². The first kappa shape index (κ1) is 28.8. The third-order valence-corrected chi connectivity index (χ3v) is 8.15. The molecule has 0 radical (unpaired) electrons. The summed E-state index contributed by atoms with van der Waals surface area (Å²) in [4.78, 5) is 28.1. The van der Waals surface area contributed by atoms with E-state index in [2.05, 4.69) is 5.32 Å². The van der Waals surface area contributed by atoms with Gasteiger partial charge in [-0.3, -0.25) is 13.9 Å². The summed E-state index contributed by atoms with van der Waals surface area (Å²) in [6.45, 7) is 6.37. The quantitative estimate of drug-likeness (QED) is 0.384. The summed E-state index contributed by atoms with van der Waals surface area (Å²) in [7, 11) is -4.14. The second-order valence-corrected chi connectivity index (χ2v) is 11.1. The van der Waals surface area contributed by atoms with Gasteiger partial charge in [0, 0.05) is 18.2 Å². The lowest BCUT2D eigenvalue weighted by Gasteiger charge is -2.32. The van der Waals surface area contributed by atoms with Gasteiger partial charge in [0.25, 0.3) is 10.0 Å². The molecule has 3 rings (SSSR count). The fourth-order valence-corrected chi connectivity index (χ4v) is 5.32. The number of halogens is 1. The van der Waals surface area contributed by atoms with E-state index in [0.717, 1.165) is 9.87 Å². The molecule has 0 saturated heterocycles. The largest absolute Gasteiger partial charge is 0.352 e. The van der Waals surface area contributed by atoms with Crippen molar-refractivity contribution in [3.05, 3.63) is 95.8 Å². The molecule has 0 bridgehead atoms. The van der Waals surface area contributed by atoms with Gasteiger partial charge in [0.05, 0.1) is 10.6 Å². The number of aryl methyl sites for hydroxylation is 1. The van der Waals surface area contributed by atoms with Crippen molar-refractivity contribution < 1.29 is 22.4 Å². The van der Waals surface area contributed by atoms with Crippen LogP contribution in [0.1, 0.15) is 38.3 Å². The van der Waals surface area contributed by atoms with Crippen molar-refractivity contribution in [1.82, 2.24) is 10.2 Å². The Morgan fingerprint density at radius 2 is 1.61 bits per heavy atom. The Labute approximate surface area is 224 Å². The third kappa shape index (κ3) is 6.98. The number of carbonyl (C=O) groups excluding carboxylic acids is 2. The number of nitrogens with zero attached hydrogens (tertiary/aromatic N) is 2. The number of hydrogen-bond donors (Lipinski definition) is 1. The molecule has 2 amide bonds. The monoisotopic (exact) mass is 539 g/mol. The lowest BCUT2D eigenvalue weighted by atomic mass is 10.1. The zero-order valence-electron chi connectivity index (χ0n) is 22.1. The molecule has 0 heterocycles. The molecule has 38 heavy (non-hydrogen) atoms.